The number of benzene rings is 1. The fourth-order valence-corrected chi connectivity index (χ4v) is 2.72. The Hall–Kier alpha value is -1.77. The van der Waals surface area contributed by atoms with Gasteiger partial charge in [0.05, 0.1) is 0 Å². The van der Waals surface area contributed by atoms with E-state index in [1.54, 1.807) is 6.08 Å². The fraction of sp³-hybridized carbons (Fsp3) is 0.471. The van der Waals surface area contributed by atoms with Crippen molar-refractivity contribution in [1.82, 2.24) is 0 Å². The Bertz CT molecular complexity index is 499. The van der Waals surface area contributed by atoms with Crippen LogP contribution in [0.25, 0.3) is 6.08 Å². The molecule has 2 rings (SSSR count). The third-order valence-corrected chi connectivity index (χ3v) is 4.51. The van der Waals surface area contributed by atoms with Gasteiger partial charge in [-0.15, -0.1) is 0 Å². The van der Waals surface area contributed by atoms with Crippen LogP contribution in [0.4, 0.5) is 5.69 Å². The van der Waals surface area contributed by atoms with Crippen molar-refractivity contribution in [1.29, 1.82) is 0 Å². The molecule has 1 aromatic rings. The van der Waals surface area contributed by atoms with Gasteiger partial charge in [0.15, 0.2) is 0 Å². The first-order valence-electron chi connectivity index (χ1n) is 7.29. The number of para-hydroxylation sites is 1. The summed E-state index contributed by atoms with van der Waals surface area (Å²) >= 11 is 0. The summed E-state index contributed by atoms with van der Waals surface area (Å²) in [5.74, 6) is -0.906. The number of nitrogens with zero attached hydrogens (tertiary/aromatic N) is 1. The maximum atomic E-state index is 10.7. The van der Waals surface area contributed by atoms with Crippen molar-refractivity contribution in [2.24, 2.45) is 5.41 Å². The molecule has 1 aliphatic heterocycles. The van der Waals surface area contributed by atoms with Crippen molar-refractivity contribution in [3.05, 3.63) is 35.9 Å². The van der Waals surface area contributed by atoms with Gasteiger partial charge in [-0.2, -0.15) is 0 Å². The number of carboxylic acids is 1. The van der Waals surface area contributed by atoms with E-state index >= 15 is 0 Å². The average molecular weight is 273 g/mol. The lowest BCUT2D eigenvalue weighted by Crippen LogP contribution is -2.38. The molecule has 1 aromatic carbocycles. The molecule has 1 heterocycles. The van der Waals surface area contributed by atoms with E-state index in [4.69, 9.17) is 5.11 Å². The average Bonchev–Trinajstić information content (AvgIpc) is 2.46. The number of carboxylic acid groups (broad SMARTS) is 1. The molecule has 1 N–H and O–H groups in total. The summed E-state index contributed by atoms with van der Waals surface area (Å²) in [5.41, 5.74) is 2.58. The Balaban J connectivity index is 2.16. The number of rotatable bonds is 4. The third kappa shape index (κ3) is 3.41. The van der Waals surface area contributed by atoms with E-state index in [-0.39, 0.29) is 0 Å². The molecule has 108 valence electrons. The van der Waals surface area contributed by atoms with Gasteiger partial charge in [0.25, 0.3) is 0 Å². The quantitative estimate of drug-likeness (QED) is 0.848. The first kappa shape index (κ1) is 14.6. The van der Waals surface area contributed by atoms with E-state index in [0.29, 0.717) is 5.41 Å². The van der Waals surface area contributed by atoms with Crippen LogP contribution in [-0.2, 0) is 4.79 Å². The molecular formula is C17H23NO2. The van der Waals surface area contributed by atoms with Crippen molar-refractivity contribution in [2.45, 2.75) is 33.1 Å². The molecule has 0 aromatic heterocycles. The SMILES string of the molecule is CCC1(C)CCN(c2ccccc2C=CC(=O)O)CC1. The fourth-order valence-electron chi connectivity index (χ4n) is 2.72. The number of hydrogen-bond donors (Lipinski definition) is 1. The van der Waals surface area contributed by atoms with Crippen LogP contribution >= 0.6 is 0 Å². The zero-order valence-electron chi connectivity index (χ0n) is 12.3. The van der Waals surface area contributed by atoms with Crippen LogP contribution in [0.15, 0.2) is 30.3 Å². The zero-order valence-corrected chi connectivity index (χ0v) is 12.3. The number of aliphatic carboxylic acids is 1. The third-order valence-electron chi connectivity index (χ3n) is 4.51. The Kier molecular flexibility index (Phi) is 4.48. The molecule has 3 nitrogen and oxygen atoms in total. The second-order valence-electron chi connectivity index (χ2n) is 5.88. The molecule has 0 unspecified atom stereocenters. The van der Waals surface area contributed by atoms with E-state index in [2.05, 4.69) is 24.8 Å². The lowest BCUT2D eigenvalue weighted by atomic mass is 9.78. The summed E-state index contributed by atoms with van der Waals surface area (Å²) in [5, 5.41) is 8.78. The smallest absolute Gasteiger partial charge is 0.328 e. The predicted octanol–water partition coefficient (Wildman–Crippen LogP) is 3.80. The first-order chi connectivity index (χ1) is 9.54. The Morgan fingerprint density at radius 2 is 2.00 bits per heavy atom. The largest absolute Gasteiger partial charge is 0.478 e. The number of piperidine rings is 1. The number of hydrogen-bond acceptors (Lipinski definition) is 2. The number of carbonyl (C=O) groups is 1. The highest BCUT2D eigenvalue weighted by Crippen LogP contribution is 2.36. The van der Waals surface area contributed by atoms with Crippen LogP contribution in [0.1, 0.15) is 38.7 Å². The topological polar surface area (TPSA) is 40.5 Å². The maximum absolute atomic E-state index is 10.7. The van der Waals surface area contributed by atoms with Crippen LogP contribution in [0, 0.1) is 5.41 Å². The normalized spacial score (nSPS) is 18.4. The van der Waals surface area contributed by atoms with Crippen molar-refractivity contribution in [3.63, 3.8) is 0 Å². The Labute approximate surface area is 120 Å². The molecule has 20 heavy (non-hydrogen) atoms. The van der Waals surface area contributed by atoms with Gasteiger partial charge in [-0.25, -0.2) is 4.79 Å². The molecule has 3 heteroatoms. The molecule has 0 amide bonds. The summed E-state index contributed by atoms with van der Waals surface area (Å²) < 4.78 is 0. The summed E-state index contributed by atoms with van der Waals surface area (Å²) in [6, 6.07) is 8.02. The molecule has 0 atom stereocenters. The van der Waals surface area contributed by atoms with Crippen molar-refractivity contribution < 1.29 is 9.90 Å². The second-order valence-corrected chi connectivity index (χ2v) is 5.88. The minimum absolute atomic E-state index is 0.461. The highest BCUT2D eigenvalue weighted by atomic mass is 16.4. The van der Waals surface area contributed by atoms with Gasteiger partial charge in [0.1, 0.15) is 0 Å². The van der Waals surface area contributed by atoms with Crippen molar-refractivity contribution in [2.75, 3.05) is 18.0 Å². The summed E-state index contributed by atoms with van der Waals surface area (Å²) in [6.45, 7) is 6.71. The van der Waals surface area contributed by atoms with E-state index in [9.17, 15) is 4.79 Å². The molecule has 0 aliphatic carbocycles. The van der Waals surface area contributed by atoms with Crippen LogP contribution in [0.3, 0.4) is 0 Å². The summed E-state index contributed by atoms with van der Waals surface area (Å²) in [6.07, 6.45) is 6.51. The van der Waals surface area contributed by atoms with Gasteiger partial charge in [-0.1, -0.05) is 38.5 Å². The highest BCUT2D eigenvalue weighted by molar-refractivity contribution is 5.87. The summed E-state index contributed by atoms with van der Waals surface area (Å²) in [4.78, 5) is 13.1. The van der Waals surface area contributed by atoms with Crippen molar-refractivity contribution >= 4 is 17.7 Å². The van der Waals surface area contributed by atoms with Crippen LogP contribution in [-0.4, -0.2) is 24.2 Å². The predicted molar refractivity (Wildman–Crippen MR) is 83.0 cm³/mol. The van der Waals surface area contributed by atoms with Gasteiger partial charge in [-0.05, 0) is 36.0 Å². The van der Waals surface area contributed by atoms with Crippen molar-refractivity contribution in [3.8, 4) is 0 Å². The van der Waals surface area contributed by atoms with Crippen LogP contribution in [0.2, 0.25) is 0 Å². The van der Waals surface area contributed by atoms with E-state index < -0.39 is 5.97 Å². The first-order valence-corrected chi connectivity index (χ1v) is 7.29. The minimum atomic E-state index is -0.906. The lowest BCUT2D eigenvalue weighted by molar-refractivity contribution is -0.131. The van der Waals surface area contributed by atoms with Crippen LogP contribution in [0.5, 0.6) is 0 Å². The Morgan fingerprint density at radius 1 is 1.35 bits per heavy atom. The van der Waals surface area contributed by atoms with Gasteiger partial charge < -0.3 is 10.0 Å². The lowest BCUT2D eigenvalue weighted by Gasteiger charge is -2.40. The molecule has 0 bridgehead atoms. The van der Waals surface area contributed by atoms with Gasteiger partial charge >= 0.3 is 5.97 Å². The second kappa shape index (κ2) is 6.12. The zero-order chi connectivity index (χ0) is 14.6. The molecule has 1 aliphatic rings. The highest BCUT2D eigenvalue weighted by Gasteiger charge is 2.28. The molecular weight excluding hydrogens is 250 g/mol. The van der Waals surface area contributed by atoms with Gasteiger partial charge in [-0.3, -0.25) is 0 Å². The number of anilines is 1. The monoisotopic (exact) mass is 273 g/mol. The van der Waals surface area contributed by atoms with Crippen LogP contribution < -0.4 is 4.90 Å². The molecule has 0 radical (unpaired) electrons. The van der Waals surface area contributed by atoms with Gasteiger partial charge in [0.2, 0.25) is 0 Å². The minimum Gasteiger partial charge on any atom is -0.478 e. The van der Waals surface area contributed by atoms with E-state index in [1.807, 2.05) is 18.2 Å². The van der Waals surface area contributed by atoms with Gasteiger partial charge in [0, 0.05) is 24.9 Å². The molecule has 1 fully saturated rings. The maximum Gasteiger partial charge on any atom is 0.328 e. The summed E-state index contributed by atoms with van der Waals surface area (Å²) in [7, 11) is 0. The molecule has 0 spiro atoms. The van der Waals surface area contributed by atoms with E-state index in [0.717, 1.165) is 24.3 Å². The standard InChI is InChI=1S/C17H23NO2/c1-3-17(2)10-12-18(13-11-17)15-7-5-4-6-14(15)8-9-16(19)20/h4-9H,3,10-13H2,1-2H3,(H,19,20). The Morgan fingerprint density at radius 3 is 2.60 bits per heavy atom. The van der Waals surface area contributed by atoms with E-state index in [1.165, 1.54) is 25.3 Å². The molecule has 1 saturated heterocycles. The molecule has 0 saturated carbocycles.